The molecule has 2 rings (SSSR count). The maximum atomic E-state index is 12.5. The lowest BCUT2D eigenvalue weighted by Gasteiger charge is -2.39. The van der Waals surface area contributed by atoms with E-state index < -0.39 is 10.2 Å². The fraction of sp³-hybridized carbons (Fsp3) is 1.00. The van der Waals surface area contributed by atoms with Gasteiger partial charge in [0, 0.05) is 44.8 Å². The van der Waals surface area contributed by atoms with E-state index in [0.29, 0.717) is 13.1 Å². The van der Waals surface area contributed by atoms with Crippen molar-refractivity contribution in [2.75, 3.05) is 53.4 Å². The van der Waals surface area contributed by atoms with Crippen LogP contribution in [-0.2, 0) is 10.2 Å². The summed E-state index contributed by atoms with van der Waals surface area (Å²) in [5.41, 5.74) is 0. The van der Waals surface area contributed by atoms with Crippen molar-refractivity contribution >= 4 is 10.2 Å². The zero-order chi connectivity index (χ0) is 15.5. The number of piperidine rings is 1. The van der Waals surface area contributed by atoms with Crippen LogP contribution in [0.3, 0.4) is 0 Å². The van der Waals surface area contributed by atoms with E-state index in [2.05, 4.69) is 21.6 Å². The van der Waals surface area contributed by atoms with Crippen molar-refractivity contribution in [2.24, 2.45) is 0 Å². The first-order valence-corrected chi connectivity index (χ1v) is 9.14. The summed E-state index contributed by atoms with van der Waals surface area (Å²) in [7, 11) is 0.581. The van der Waals surface area contributed by atoms with E-state index >= 15 is 0 Å². The number of rotatable bonds is 5. The quantitative estimate of drug-likeness (QED) is 0.673. The van der Waals surface area contributed by atoms with Crippen LogP contribution >= 0.6 is 0 Å². The minimum Gasteiger partial charge on any atom is -0.395 e. The van der Waals surface area contributed by atoms with Gasteiger partial charge in [-0.05, 0) is 26.9 Å². The van der Waals surface area contributed by atoms with Gasteiger partial charge in [-0.2, -0.15) is 12.7 Å². The van der Waals surface area contributed by atoms with Crippen LogP contribution in [0.15, 0.2) is 0 Å². The first kappa shape index (κ1) is 17.1. The van der Waals surface area contributed by atoms with E-state index in [4.69, 9.17) is 0 Å². The summed E-state index contributed by atoms with van der Waals surface area (Å²) >= 11 is 0. The van der Waals surface area contributed by atoms with Crippen molar-refractivity contribution in [2.45, 2.75) is 31.3 Å². The molecule has 2 aliphatic heterocycles. The molecule has 0 bridgehead atoms. The van der Waals surface area contributed by atoms with Gasteiger partial charge in [0.1, 0.15) is 0 Å². The molecule has 0 saturated carbocycles. The minimum atomic E-state index is -3.51. The number of aliphatic hydroxyl groups is 1. The molecule has 0 radical (unpaired) electrons. The summed E-state index contributed by atoms with van der Waals surface area (Å²) in [5.74, 6) is 0. The topological polar surface area (TPSA) is 76.1 Å². The molecule has 2 fully saturated rings. The molecule has 0 aromatic carbocycles. The summed E-state index contributed by atoms with van der Waals surface area (Å²) in [6.45, 7) is 3.64. The van der Waals surface area contributed by atoms with E-state index in [-0.39, 0.29) is 18.7 Å². The number of hydrogen-bond donors (Lipinski definition) is 2. The predicted octanol–water partition coefficient (Wildman–Crippen LogP) is -1.09. The second kappa shape index (κ2) is 7.34. The van der Waals surface area contributed by atoms with Gasteiger partial charge in [0.25, 0.3) is 10.2 Å². The van der Waals surface area contributed by atoms with Crippen LogP contribution in [0.5, 0.6) is 0 Å². The molecular formula is C13H28N4O3S. The Morgan fingerprint density at radius 2 is 1.90 bits per heavy atom. The highest BCUT2D eigenvalue weighted by molar-refractivity contribution is 7.87. The van der Waals surface area contributed by atoms with E-state index in [1.807, 2.05) is 7.05 Å². The van der Waals surface area contributed by atoms with Crippen molar-refractivity contribution in [3.8, 4) is 0 Å². The molecule has 2 heterocycles. The minimum absolute atomic E-state index is 0.104. The number of piperazine rings is 1. The number of nitrogens with one attached hydrogen (secondary N) is 1. The largest absolute Gasteiger partial charge is 0.395 e. The van der Waals surface area contributed by atoms with Gasteiger partial charge in [0.05, 0.1) is 6.61 Å². The Bertz CT molecular complexity index is 431. The second-order valence-corrected chi connectivity index (χ2v) is 7.90. The molecule has 21 heavy (non-hydrogen) atoms. The van der Waals surface area contributed by atoms with Crippen LogP contribution in [0, 0.1) is 0 Å². The smallest absolute Gasteiger partial charge is 0.279 e. The molecule has 2 saturated heterocycles. The molecule has 7 nitrogen and oxygen atoms in total. The molecule has 124 valence electrons. The Morgan fingerprint density at radius 1 is 1.14 bits per heavy atom. The average Bonchev–Trinajstić information content (AvgIpc) is 2.48. The van der Waals surface area contributed by atoms with E-state index in [0.717, 1.165) is 38.9 Å². The van der Waals surface area contributed by atoms with Gasteiger partial charge >= 0.3 is 0 Å². The summed E-state index contributed by atoms with van der Waals surface area (Å²) < 4.78 is 29.1. The second-order valence-electron chi connectivity index (χ2n) is 6.19. The van der Waals surface area contributed by atoms with E-state index in [1.54, 1.807) is 0 Å². The zero-order valence-electron chi connectivity index (χ0n) is 13.0. The highest BCUT2D eigenvalue weighted by Crippen LogP contribution is 2.19. The van der Waals surface area contributed by atoms with Crippen LogP contribution in [0.4, 0.5) is 0 Å². The fourth-order valence-corrected chi connectivity index (χ4v) is 4.58. The SMILES string of the molecule is CN1CCN(C)C(CNS(=O)(=O)N2CCCCC2CO)C1. The van der Waals surface area contributed by atoms with Crippen LogP contribution in [-0.4, -0.2) is 93.1 Å². The van der Waals surface area contributed by atoms with Crippen LogP contribution in [0.25, 0.3) is 0 Å². The van der Waals surface area contributed by atoms with Gasteiger partial charge in [-0.15, -0.1) is 0 Å². The summed E-state index contributed by atoms with van der Waals surface area (Å²) in [6, 6.07) is -0.0844. The maximum absolute atomic E-state index is 12.5. The fourth-order valence-electron chi connectivity index (χ4n) is 3.08. The third-order valence-corrected chi connectivity index (χ3v) is 6.20. The molecule has 2 N–H and O–H groups in total. The molecule has 0 amide bonds. The standard InChI is InChI=1S/C13H28N4O3S/c1-15-7-8-16(2)13(10-15)9-14-21(19,20)17-6-4-3-5-12(17)11-18/h12-14,18H,3-11H2,1-2H3. The van der Waals surface area contributed by atoms with E-state index in [1.165, 1.54) is 4.31 Å². The lowest BCUT2D eigenvalue weighted by Crippen LogP contribution is -2.57. The summed E-state index contributed by atoms with van der Waals surface area (Å²) in [6.07, 6.45) is 2.58. The van der Waals surface area contributed by atoms with Crippen molar-refractivity contribution < 1.29 is 13.5 Å². The van der Waals surface area contributed by atoms with Gasteiger partial charge in [0.15, 0.2) is 0 Å². The molecule has 2 aliphatic rings. The molecule has 0 spiro atoms. The monoisotopic (exact) mass is 320 g/mol. The van der Waals surface area contributed by atoms with Crippen molar-refractivity contribution in [3.05, 3.63) is 0 Å². The number of aliphatic hydroxyl groups excluding tert-OH is 1. The molecule has 0 aromatic heterocycles. The Labute approximate surface area is 128 Å². The Kier molecular flexibility index (Phi) is 5.98. The third-order valence-electron chi connectivity index (χ3n) is 4.57. The van der Waals surface area contributed by atoms with Gasteiger partial charge in [0.2, 0.25) is 0 Å². The summed E-state index contributed by atoms with van der Waals surface area (Å²) in [4.78, 5) is 4.42. The van der Waals surface area contributed by atoms with Crippen molar-refractivity contribution in [3.63, 3.8) is 0 Å². The summed E-state index contributed by atoms with van der Waals surface area (Å²) in [5, 5.41) is 9.37. The highest BCUT2D eigenvalue weighted by Gasteiger charge is 2.32. The molecule has 2 unspecified atom stereocenters. The Morgan fingerprint density at radius 3 is 2.62 bits per heavy atom. The van der Waals surface area contributed by atoms with Gasteiger partial charge in [-0.25, -0.2) is 4.72 Å². The molecule has 2 atom stereocenters. The van der Waals surface area contributed by atoms with Gasteiger partial charge in [-0.1, -0.05) is 6.42 Å². The van der Waals surface area contributed by atoms with Crippen molar-refractivity contribution in [1.82, 2.24) is 18.8 Å². The number of likely N-dealkylation sites (N-methyl/N-ethyl adjacent to an activating group) is 2. The lowest BCUT2D eigenvalue weighted by atomic mass is 10.1. The van der Waals surface area contributed by atoms with Crippen molar-refractivity contribution in [1.29, 1.82) is 0 Å². The first-order valence-electron chi connectivity index (χ1n) is 7.70. The normalized spacial score (nSPS) is 30.6. The van der Waals surface area contributed by atoms with Crippen LogP contribution in [0.1, 0.15) is 19.3 Å². The first-order chi connectivity index (χ1) is 9.94. The lowest BCUT2D eigenvalue weighted by molar-refractivity contribution is 0.115. The van der Waals surface area contributed by atoms with E-state index in [9.17, 15) is 13.5 Å². The molecule has 8 heteroatoms. The van der Waals surface area contributed by atoms with Crippen LogP contribution < -0.4 is 4.72 Å². The van der Waals surface area contributed by atoms with Crippen LogP contribution in [0.2, 0.25) is 0 Å². The highest BCUT2D eigenvalue weighted by atomic mass is 32.2. The van der Waals surface area contributed by atoms with Gasteiger partial charge < -0.3 is 10.0 Å². The third kappa shape index (κ3) is 4.37. The molecule has 0 aliphatic carbocycles. The Hall–Kier alpha value is -0.250. The number of nitrogens with zero attached hydrogens (tertiary/aromatic N) is 3. The zero-order valence-corrected chi connectivity index (χ0v) is 13.8. The molecular weight excluding hydrogens is 292 g/mol. The van der Waals surface area contributed by atoms with Gasteiger partial charge in [-0.3, -0.25) is 4.90 Å². The maximum Gasteiger partial charge on any atom is 0.279 e. The molecule has 0 aromatic rings. The Balaban J connectivity index is 1.93. The average molecular weight is 320 g/mol. The number of hydrogen-bond acceptors (Lipinski definition) is 5. The predicted molar refractivity (Wildman–Crippen MR) is 82.3 cm³/mol.